The highest BCUT2D eigenvalue weighted by atomic mass is 16.2. The van der Waals surface area contributed by atoms with Crippen LogP contribution in [0.1, 0.15) is 74.5 Å². The number of fused-ring (bicyclic) bond motifs is 2. The first-order chi connectivity index (χ1) is 15.7. The van der Waals surface area contributed by atoms with E-state index in [4.69, 9.17) is 0 Å². The van der Waals surface area contributed by atoms with E-state index in [9.17, 15) is 28.8 Å². The Kier molecular flexibility index (Phi) is 7.27. The van der Waals surface area contributed by atoms with Crippen molar-refractivity contribution in [1.82, 2.24) is 9.80 Å². The first-order valence-corrected chi connectivity index (χ1v) is 10.6. The number of carbonyl (C=O) groups excluding carboxylic acids is 6. The molecular formula is C25H24N2O6. The zero-order chi connectivity index (χ0) is 24.1. The minimum Gasteiger partial charge on any atom is -0.300 e. The Balaban J connectivity index is 0.000000186. The van der Waals surface area contributed by atoms with Crippen molar-refractivity contribution in [1.29, 1.82) is 0 Å². The van der Waals surface area contributed by atoms with Gasteiger partial charge in [-0.15, -0.1) is 0 Å². The normalized spacial score (nSPS) is 14.1. The minimum atomic E-state index is -0.304. The van der Waals surface area contributed by atoms with Crippen molar-refractivity contribution in [3.05, 3.63) is 70.8 Å². The quantitative estimate of drug-likeness (QED) is 0.603. The van der Waals surface area contributed by atoms with Gasteiger partial charge in [-0.2, -0.15) is 0 Å². The van der Waals surface area contributed by atoms with E-state index in [1.54, 1.807) is 48.5 Å². The molecule has 2 aromatic carbocycles. The molecule has 0 bridgehead atoms. The lowest BCUT2D eigenvalue weighted by Gasteiger charge is -2.12. The highest BCUT2D eigenvalue weighted by Gasteiger charge is 2.35. The molecule has 0 radical (unpaired) electrons. The third-order valence-corrected chi connectivity index (χ3v) is 5.35. The number of imide groups is 2. The van der Waals surface area contributed by atoms with E-state index >= 15 is 0 Å². The summed E-state index contributed by atoms with van der Waals surface area (Å²) in [7, 11) is 0. The number of carbonyl (C=O) groups is 6. The highest BCUT2D eigenvalue weighted by Crippen LogP contribution is 2.23. The van der Waals surface area contributed by atoms with Crippen molar-refractivity contribution in [2.24, 2.45) is 0 Å². The third-order valence-electron chi connectivity index (χ3n) is 5.35. The highest BCUT2D eigenvalue weighted by molar-refractivity contribution is 6.22. The van der Waals surface area contributed by atoms with Crippen LogP contribution in [-0.2, 0) is 9.59 Å². The van der Waals surface area contributed by atoms with Crippen molar-refractivity contribution in [3.63, 3.8) is 0 Å². The lowest BCUT2D eigenvalue weighted by Crippen LogP contribution is -2.31. The van der Waals surface area contributed by atoms with Gasteiger partial charge in [-0.3, -0.25) is 33.8 Å². The molecule has 4 rings (SSSR count). The first-order valence-electron chi connectivity index (χ1n) is 10.6. The first kappa shape index (κ1) is 23.7. The predicted octanol–water partition coefficient (Wildman–Crippen LogP) is 2.91. The van der Waals surface area contributed by atoms with Crippen LogP contribution in [0.3, 0.4) is 0 Å². The fourth-order valence-corrected chi connectivity index (χ4v) is 3.64. The fourth-order valence-electron chi connectivity index (χ4n) is 3.64. The summed E-state index contributed by atoms with van der Waals surface area (Å²) in [6, 6.07) is 13.5. The van der Waals surface area contributed by atoms with Gasteiger partial charge in [-0.25, -0.2) is 0 Å². The summed E-state index contributed by atoms with van der Waals surface area (Å²) >= 11 is 0. The monoisotopic (exact) mass is 448 g/mol. The topological polar surface area (TPSA) is 109 Å². The zero-order valence-electron chi connectivity index (χ0n) is 18.5. The van der Waals surface area contributed by atoms with Crippen LogP contribution in [0.5, 0.6) is 0 Å². The van der Waals surface area contributed by atoms with Gasteiger partial charge in [-0.05, 0) is 44.5 Å². The summed E-state index contributed by atoms with van der Waals surface area (Å²) in [6.45, 7) is 3.42. The van der Waals surface area contributed by atoms with Crippen molar-refractivity contribution in [3.8, 4) is 0 Å². The second-order valence-corrected chi connectivity index (χ2v) is 7.87. The van der Waals surface area contributed by atoms with Crippen LogP contribution in [0.25, 0.3) is 0 Å². The van der Waals surface area contributed by atoms with E-state index < -0.39 is 0 Å². The second kappa shape index (κ2) is 10.1. The average Bonchev–Trinajstić information content (AvgIpc) is 3.18. The number of hydrogen-bond donors (Lipinski definition) is 0. The van der Waals surface area contributed by atoms with E-state index in [1.807, 2.05) is 0 Å². The maximum absolute atomic E-state index is 11.9. The summed E-state index contributed by atoms with van der Waals surface area (Å²) in [4.78, 5) is 71.4. The Hall–Kier alpha value is -3.94. The molecule has 0 atom stereocenters. The summed E-state index contributed by atoms with van der Waals surface area (Å²) < 4.78 is 0. The lowest BCUT2D eigenvalue weighted by atomic mass is 10.1. The molecule has 0 aromatic heterocycles. The summed E-state index contributed by atoms with van der Waals surface area (Å²) in [5.41, 5.74) is 1.77. The molecule has 0 saturated carbocycles. The van der Waals surface area contributed by atoms with Crippen LogP contribution >= 0.6 is 0 Å². The molecule has 0 N–H and O–H groups in total. The molecule has 2 aliphatic heterocycles. The third kappa shape index (κ3) is 5.11. The number of rotatable bonds is 7. The summed E-state index contributed by atoms with van der Waals surface area (Å²) in [5, 5.41) is 0. The zero-order valence-corrected chi connectivity index (χ0v) is 18.5. The summed E-state index contributed by atoms with van der Waals surface area (Å²) in [5.74, 6) is -1.08. The van der Waals surface area contributed by atoms with Gasteiger partial charge in [0.15, 0.2) is 0 Å². The Labute approximate surface area is 191 Å². The number of amides is 4. The standard InChI is InChI=1S/C13H13NO3.C12H11NO3/c1-9(15)5-4-8-14-12(16)10-6-2-3-7-11(10)13(14)17;1-8(14)6-7-13-11(15)9-4-2-3-5-10(9)12(13)16/h2-3,6-7H,4-5,8H2,1H3;2-5H,6-7H2,1H3. The molecule has 170 valence electrons. The van der Waals surface area contributed by atoms with Crippen molar-refractivity contribution in [2.45, 2.75) is 33.1 Å². The molecule has 4 amide bonds. The lowest BCUT2D eigenvalue weighted by molar-refractivity contribution is -0.118. The number of nitrogens with zero attached hydrogens (tertiary/aromatic N) is 2. The van der Waals surface area contributed by atoms with Gasteiger partial charge in [-0.1, -0.05) is 24.3 Å². The molecule has 2 aromatic rings. The number of benzene rings is 2. The fraction of sp³-hybridized carbons (Fsp3) is 0.280. The van der Waals surface area contributed by atoms with Crippen molar-refractivity contribution < 1.29 is 28.8 Å². The van der Waals surface area contributed by atoms with Crippen molar-refractivity contribution >= 4 is 35.2 Å². The number of hydrogen-bond acceptors (Lipinski definition) is 6. The minimum absolute atomic E-state index is 0.0310. The van der Waals surface area contributed by atoms with Crippen LogP contribution in [0, 0.1) is 0 Å². The molecule has 0 fully saturated rings. The van der Waals surface area contributed by atoms with Gasteiger partial charge >= 0.3 is 0 Å². The molecule has 8 heteroatoms. The Bertz CT molecular complexity index is 1080. The molecular weight excluding hydrogens is 424 g/mol. The molecule has 0 saturated heterocycles. The van der Waals surface area contributed by atoms with Gasteiger partial charge in [0.1, 0.15) is 11.6 Å². The van der Waals surface area contributed by atoms with E-state index in [2.05, 4.69) is 0 Å². The van der Waals surface area contributed by atoms with Crippen molar-refractivity contribution in [2.75, 3.05) is 13.1 Å². The molecule has 0 unspecified atom stereocenters. The number of Topliss-reactive ketones (excluding diaryl/α,β-unsaturated/α-hetero) is 2. The molecule has 33 heavy (non-hydrogen) atoms. The predicted molar refractivity (Wildman–Crippen MR) is 119 cm³/mol. The Morgan fingerprint density at radius 1 is 0.576 bits per heavy atom. The van der Waals surface area contributed by atoms with Crippen LogP contribution in [0.15, 0.2) is 48.5 Å². The Morgan fingerprint density at radius 2 is 0.909 bits per heavy atom. The molecule has 2 aliphatic rings. The van der Waals surface area contributed by atoms with Gasteiger partial charge in [0.2, 0.25) is 0 Å². The van der Waals surface area contributed by atoms with Gasteiger partial charge in [0.05, 0.1) is 22.3 Å². The van der Waals surface area contributed by atoms with E-state index in [0.29, 0.717) is 41.6 Å². The molecule has 0 aliphatic carbocycles. The second-order valence-electron chi connectivity index (χ2n) is 7.87. The van der Waals surface area contributed by atoms with Crippen LogP contribution in [-0.4, -0.2) is 58.1 Å². The van der Waals surface area contributed by atoms with E-state index in [-0.39, 0.29) is 48.2 Å². The van der Waals surface area contributed by atoms with Crippen LogP contribution in [0.4, 0.5) is 0 Å². The average molecular weight is 448 g/mol. The number of ketones is 2. The summed E-state index contributed by atoms with van der Waals surface area (Å²) in [6.07, 6.45) is 1.14. The van der Waals surface area contributed by atoms with Crippen LogP contribution < -0.4 is 0 Å². The maximum atomic E-state index is 11.9. The maximum Gasteiger partial charge on any atom is 0.261 e. The molecule has 0 spiro atoms. The van der Waals surface area contributed by atoms with Gasteiger partial charge < -0.3 is 4.79 Å². The Morgan fingerprint density at radius 3 is 1.24 bits per heavy atom. The molecule has 2 heterocycles. The van der Waals surface area contributed by atoms with Crippen LogP contribution in [0.2, 0.25) is 0 Å². The van der Waals surface area contributed by atoms with Gasteiger partial charge in [0, 0.05) is 25.9 Å². The largest absolute Gasteiger partial charge is 0.300 e. The van der Waals surface area contributed by atoms with E-state index in [0.717, 1.165) is 4.90 Å². The smallest absolute Gasteiger partial charge is 0.261 e. The van der Waals surface area contributed by atoms with E-state index in [1.165, 1.54) is 18.7 Å². The molecule has 8 nitrogen and oxygen atoms in total. The SMILES string of the molecule is CC(=O)CCCN1C(=O)c2ccccc2C1=O.CC(=O)CCN1C(=O)c2ccccc2C1=O. The van der Waals surface area contributed by atoms with Gasteiger partial charge in [0.25, 0.3) is 23.6 Å².